The first-order valence-electron chi connectivity index (χ1n) is 4.61. The average Bonchev–Trinajstić information content (AvgIpc) is 2.27. The molecule has 0 spiro atoms. The molecule has 0 aliphatic heterocycles. The van der Waals surface area contributed by atoms with Gasteiger partial charge in [0, 0.05) is 0 Å². The number of rotatable bonds is 5. The van der Waals surface area contributed by atoms with Gasteiger partial charge < -0.3 is 9.47 Å². The van der Waals surface area contributed by atoms with E-state index in [1.807, 2.05) is 6.07 Å². The topological polar surface area (TPSA) is 52.6 Å². The Morgan fingerprint density at radius 1 is 1.40 bits per heavy atom. The molecule has 0 saturated heterocycles. The van der Waals surface area contributed by atoms with Crippen LogP contribution in [-0.2, 0) is 14.3 Å². The van der Waals surface area contributed by atoms with E-state index in [0.29, 0.717) is 12.0 Å². The summed E-state index contributed by atoms with van der Waals surface area (Å²) in [6, 6.07) is 8.64. The number of carbonyl (C=O) groups is 2. The number of aldehydes is 1. The fourth-order valence-electron chi connectivity index (χ4n) is 1.00. The second-order valence-corrected chi connectivity index (χ2v) is 2.74. The van der Waals surface area contributed by atoms with E-state index in [9.17, 15) is 9.59 Å². The molecular weight excluding hydrogens is 196 g/mol. The largest absolute Gasteiger partial charge is 0.471 e. The fourth-order valence-corrected chi connectivity index (χ4v) is 1.00. The predicted molar refractivity (Wildman–Crippen MR) is 53.6 cm³/mol. The standard InChI is InChI=1S/C11H12O4/c1-2-14-11(13)10(8-12)15-9-6-4-3-5-7-9/h3-8,10H,2H2,1H3. The summed E-state index contributed by atoms with van der Waals surface area (Å²) in [5, 5.41) is 0. The maximum absolute atomic E-state index is 11.2. The summed E-state index contributed by atoms with van der Waals surface area (Å²) in [7, 11) is 0. The van der Waals surface area contributed by atoms with Crippen LogP contribution in [0.2, 0.25) is 0 Å². The molecule has 0 radical (unpaired) electrons. The van der Waals surface area contributed by atoms with Gasteiger partial charge in [0.2, 0.25) is 6.10 Å². The summed E-state index contributed by atoms with van der Waals surface area (Å²) in [5.41, 5.74) is 0. The molecule has 0 heterocycles. The Morgan fingerprint density at radius 2 is 2.07 bits per heavy atom. The van der Waals surface area contributed by atoms with E-state index in [1.165, 1.54) is 0 Å². The van der Waals surface area contributed by atoms with Crippen molar-refractivity contribution in [2.75, 3.05) is 6.61 Å². The molecule has 15 heavy (non-hydrogen) atoms. The zero-order valence-corrected chi connectivity index (χ0v) is 8.38. The van der Waals surface area contributed by atoms with Crippen LogP contribution in [-0.4, -0.2) is 25.0 Å². The molecule has 0 N–H and O–H groups in total. The maximum atomic E-state index is 11.2. The van der Waals surface area contributed by atoms with Crippen molar-refractivity contribution in [3.8, 4) is 5.75 Å². The second-order valence-electron chi connectivity index (χ2n) is 2.74. The monoisotopic (exact) mass is 208 g/mol. The Bertz CT molecular complexity index is 321. The average molecular weight is 208 g/mol. The van der Waals surface area contributed by atoms with Gasteiger partial charge >= 0.3 is 5.97 Å². The molecule has 80 valence electrons. The van der Waals surface area contributed by atoms with E-state index in [2.05, 4.69) is 4.74 Å². The van der Waals surface area contributed by atoms with E-state index >= 15 is 0 Å². The van der Waals surface area contributed by atoms with Crippen molar-refractivity contribution in [3.05, 3.63) is 30.3 Å². The van der Waals surface area contributed by atoms with Crippen molar-refractivity contribution in [2.45, 2.75) is 13.0 Å². The number of para-hydroxylation sites is 1. The van der Waals surface area contributed by atoms with Gasteiger partial charge in [-0.1, -0.05) is 18.2 Å². The first-order valence-corrected chi connectivity index (χ1v) is 4.61. The summed E-state index contributed by atoms with van der Waals surface area (Å²) in [4.78, 5) is 21.8. The van der Waals surface area contributed by atoms with E-state index in [1.54, 1.807) is 31.2 Å². The summed E-state index contributed by atoms with van der Waals surface area (Å²) in [6.07, 6.45) is -0.766. The van der Waals surface area contributed by atoms with Crippen LogP contribution in [0, 0.1) is 0 Å². The number of ether oxygens (including phenoxy) is 2. The smallest absolute Gasteiger partial charge is 0.354 e. The van der Waals surface area contributed by atoms with Crippen LogP contribution >= 0.6 is 0 Å². The summed E-state index contributed by atoms with van der Waals surface area (Å²) in [6.45, 7) is 1.89. The molecule has 0 aromatic heterocycles. The molecule has 4 heteroatoms. The lowest BCUT2D eigenvalue weighted by molar-refractivity contribution is -0.152. The van der Waals surface area contributed by atoms with Gasteiger partial charge in [0.25, 0.3) is 0 Å². The number of benzene rings is 1. The SMILES string of the molecule is CCOC(=O)C(C=O)Oc1ccccc1. The van der Waals surface area contributed by atoms with E-state index < -0.39 is 12.1 Å². The Balaban J connectivity index is 2.62. The predicted octanol–water partition coefficient (Wildman–Crippen LogP) is 1.20. The van der Waals surface area contributed by atoms with Crippen molar-refractivity contribution in [2.24, 2.45) is 0 Å². The molecule has 1 unspecified atom stereocenters. The minimum atomic E-state index is -1.19. The van der Waals surface area contributed by atoms with Gasteiger partial charge in [-0.3, -0.25) is 4.79 Å². The zero-order valence-electron chi connectivity index (χ0n) is 8.38. The van der Waals surface area contributed by atoms with Crippen LogP contribution in [0.15, 0.2) is 30.3 Å². The molecule has 0 aliphatic rings. The van der Waals surface area contributed by atoms with Crippen LogP contribution < -0.4 is 4.74 Å². The van der Waals surface area contributed by atoms with Gasteiger partial charge in [0.05, 0.1) is 6.61 Å². The van der Waals surface area contributed by atoms with E-state index in [4.69, 9.17) is 4.74 Å². The normalized spacial score (nSPS) is 11.5. The van der Waals surface area contributed by atoms with Crippen LogP contribution in [0.3, 0.4) is 0 Å². The van der Waals surface area contributed by atoms with Gasteiger partial charge in [-0.05, 0) is 19.1 Å². The molecule has 1 rings (SSSR count). The third-order valence-electron chi connectivity index (χ3n) is 1.65. The highest BCUT2D eigenvalue weighted by molar-refractivity contribution is 5.91. The van der Waals surface area contributed by atoms with Crippen molar-refractivity contribution in [1.29, 1.82) is 0 Å². The lowest BCUT2D eigenvalue weighted by Crippen LogP contribution is -2.30. The van der Waals surface area contributed by atoms with Crippen LogP contribution in [0.5, 0.6) is 5.75 Å². The van der Waals surface area contributed by atoms with Crippen LogP contribution in [0.25, 0.3) is 0 Å². The van der Waals surface area contributed by atoms with Gasteiger partial charge in [0.1, 0.15) is 5.75 Å². The first kappa shape index (κ1) is 11.2. The Hall–Kier alpha value is -1.84. The molecule has 0 fully saturated rings. The molecule has 0 bridgehead atoms. The summed E-state index contributed by atoms with van der Waals surface area (Å²) < 4.78 is 9.81. The maximum Gasteiger partial charge on any atom is 0.354 e. The lowest BCUT2D eigenvalue weighted by atomic mass is 10.3. The quantitative estimate of drug-likeness (QED) is 0.414. The van der Waals surface area contributed by atoms with Crippen molar-refractivity contribution < 1.29 is 19.1 Å². The molecule has 1 aromatic carbocycles. The first-order chi connectivity index (χ1) is 7.27. The molecular formula is C11H12O4. The van der Waals surface area contributed by atoms with Gasteiger partial charge in [-0.25, -0.2) is 4.79 Å². The van der Waals surface area contributed by atoms with Crippen LogP contribution in [0.4, 0.5) is 0 Å². The molecule has 0 saturated carbocycles. The lowest BCUT2D eigenvalue weighted by Gasteiger charge is -2.11. The fraction of sp³-hybridized carbons (Fsp3) is 0.273. The van der Waals surface area contributed by atoms with Crippen molar-refractivity contribution in [1.82, 2.24) is 0 Å². The molecule has 1 atom stereocenters. The molecule has 4 nitrogen and oxygen atoms in total. The highest BCUT2D eigenvalue weighted by atomic mass is 16.6. The summed E-state index contributed by atoms with van der Waals surface area (Å²) in [5.74, 6) is -0.209. The third-order valence-corrected chi connectivity index (χ3v) is 1.65. The highest BCUT2D eigenvalue weighted by Gasteiger charge is 2.20. The minimum Gasteiger partial charge on any atom is -0.471 e. The number of hydrogen-bond donors (Lipinski definition) is 0. The van der Waals surface area contributed by atoms with Crippen LogP contribution in [0.1, 0.15) is 6.92 Å². The van der Waals surface area contributed by atoms with Gasteiger partial charge in [-0.15, -0.1) is 0 Å². The van der Waals surface area contributed by atoms with Gasteiger partial charge in [0.15, 0.2) is 6.29 Å². The number of hydrogen-bond acceptors (Lipinski definition) is 4. The van der Waals surface area contributed by atoms with E-state index in [0.717, 1.165) is 0 Å². The number of esters is 1. The highest BCUT2D eigenvalue weighted by Crippen LogP contribution is 2.10. The minimum absolute atomic E-state index is 0.224. The Labute approximate surface area is 87.8 Å². The molecule has 0 amide bonds. The Morgan fingerprint density at radius 3 is 2.60 bits per heavy atom. The third kappa shape index (κ3) is 3.42. The van der Waals surface area contributed by atoms with Gasteiger partial charge in [-0.2, -0.15) is 0 Å². The zero-order chi connectivity index (χ0) is 11.1. The van der Waals surface area contributed by atoms with E-state index in [-0.39, 0.29) is 6.61 Å². The number of carbonyl (C=O) groups excluding carboxylic acids is 2. The molecule has 1 aromatic rings. The summed E-state index contributed by atoms with van der Waals surface area (Å²) >= 11 is 0. The molecule has 0 aliphatic carbocycles. The van der Waals surface area contributed by atoms with Crippen molar-refractivity contribution in [3.63, 3.8) is 0 Å². The Kier molecular flexibility index (Phi) is 4.34. The van der Waals surface area contributed by atoms with Crippen molar-refractivity contribution >= 4 is 12.3 Å². The second kappa shape index (κ2) is 5.80.